The van der Waals surface area contributed by atoms with Gasteiger partial charge in [-0.3, -0.25) is 10.0 Å². The van der Waals surface area contributed by atoms with Crippen LogP contribution < -0.4 is 5.84 Å². The molecule has 0 aliphatic carbocycles. The zero-order valence-corrected chi connectivity index (χ0v) is 5.96. The van der Waals surface area contributed by atoms with E-state index in [1.807, 2.05) is 0 Å². The van der Waals surface area contributed by atoms with Crippen molar-refractivity contribution in [2.75, 3.05) is 13.1 Å². The average Bonchev–Trinajstić information content (AvgIpc) is 2.13. The summed E-state index contributed by atoms with van der Waals surface area (Å²) in [5.74, 6) is 7.09. The van der Waals surface area contributed by atoms with Crippen LogP contribution in [0.5, 0.6) is 0 Å². The van der Waals surface area contributed by atoms with E-state index in [0.717, 1.165) is 18.9 Å². The van der Waals surface area contributed by atoms with E-state index in [2.05, 4.69) is 18.8 Å². The molecule has 3 nitrogen and oxygen atoms in total. The van der Waals surface area contributed by atoms with Gasteiger partial charge in [0.25, 0.3) is 0 Å². The van der Waals surface area contributed by atoms with Crippen LogP contribution in [0.25, 0.3) is 0 Å². The number of nitrogens with two attached hydrogens (primary N) is 1. The number of amidine groups is 1. The molecule has 0 amide bonds. The average molecular weight is 127 g/mol. The Labute approximate surface area is 55.5 Å². The Kier molecular flexibility index (Phi) is 1.71. The first kappa shape index (κ1) is 6.55. The summed E-state index contributed by atoms with van der Waals surface area (Å²) in [6, 6.07) is 0. The van der Waals surface area contributed by atoms with Crippen molar-refractivity contribution in [3.8, 4) is 0 Å². The Morgan fingerprint density at radius 1 is 1.67 bits per heavy atom. The molecule has 0 spiro atoms. The third-order valence-electron chi connectivity index (χ3n) is 1.43. The largest absolute Gasteiger partial charge is 0.297 e. The van der Waals surface area contributed by atoms with Gasteiger partial charge in [-0.05, 0) is 0 Å². The predicted molar refractivity (Wildman–Crippen MR) is 38.0 cm³/mol. The van der Waals surface area contributed by atoms with Crippen molar-refractivity contribution in [2.45, 2.75) is 13.8 Å². The van der Waals surface area contributed by atoms with Crippen LogP contribution in [-0.2, 0) is 0 Å². The summed E-state index contributed by atoms with van der Waals surface area (Å²) < 4.78 is 0. The third-order valence-corrected chi connectivity index (χ3v) is 1.43. The minimum atomic E-state index is 0.470. The Balaban J connectivity index is 2.57. The predicted octanol–water partition coefficient (Wildman–Crippen LogP) is 0.230. The van der Waals surface area contributed by atoms with Crippen LogP contribution in [0.15, 0.2) is 4.99 Å². The maximum atomic E-state index is 5.58. The van der Waals surface area contributed by atoms with Crippen molar-refractivity contribution in [1.29, 1.82) is 0 Å². The summed E-state index contributed by atoms with van der Waals surface area (Å²) in [4.78, 5) is 4.23. The fourth-order valence-corrected chi connectivity index (χ4v) is 0.992. The minimum absolute atomic E-state index is 0.470. The van der Waals surface area contributed by atoms with Gasteiger partial charge in [0.15, 0.2) is 0 Å². The van der Waals surface area contributed by atoms with Gasteiger partial charge < -0.3 is 0 Å². The van der Waals surface area contributed by atoms with Crippen LogP contribution in [0, 0.1) is 5.92 Å². The molecular weight excluding hydrogens is 114 g/mol. The third kappa shape index (κ3) is 1.21. The van der Waals surface area contributed by atoms with Crippen molar-refractivity contribution < 1.29 is 0 Å². The summed E-state index contributed by atoms with van der Waals surface area (Å²) in [7, 11) is 0. The highest BCUT2D eigenvalue weighted by Gasteiger charge is 2.15. The fourth-order valence-electron chi connectivity index (χ4n) is 0.992. The molecule has 0 saturated carbocycles. The van der Waals surface area contributed by atoms with E-state index in [-0.39, 0.29) is 0 Å². The molecule has 2 N–H and O–H groups in total. The van der Waals surface area contributed by atoms with Gasteiger partial charge in [-0.1, -0.05) is 13.8 Å². The molecule has 1 rings (SSSR count). The molecule has 52 valence electrons. The van der Waals surface area contributed by atoms with Crippen LogP contribution >= 0.6 is 0 Å². The second kappa shape index (κ2) is 2.35. The van der Waals surface area contributed by atoms with Crippen LogP contribution in [0.3, 0.4) is 0 Å². The Hall–Kier alpha value is -0.570. The second-order valence-electron chi connectivity index (χ2n) is 2.59. The molecule has 0 aromatic rings. The molecule has 0 aromatic carbocycles. The van der Waals surface area contributed by atoms with Crippen LogP contribution in [0.2, 0.25) is 0 Å². The summed E-state index contributed by atoms with van der Waals surface area (Å²) in [5, 5.41) is 1.73. The topological polar surface area (TPSA) is 41.6 Å². The normalized spacial score (nSPS) is 19.1. The van der Waals surface area contributed by atoms with E-state index in [9.17, 15) is 0 Å². The zero-order valence-electron chi connectivity index (χ0n) is 5.96. The molecule has 1 aliphatic heterocycles. The smallest absolute Gasteiger partial charge is 0.116 e. The summed E-state index contributed by atoms with van der Waals surface area (Å²) in [5.41, 5.74) is 0. The Bertz CT molecular complexity index is 128. The second-order valence-corrected chi connectivity index (χ2v) is 2.59. The van der Waals surface area contributed by atoms with Gasteiger partial charge in [0.1, 0.15) is 5.84 Å². The van der Waals surface area contributed by atoms with Crippen molar-refractivity contribution in [1.82, 2.24) is 5.01 Å². The maximum absolute atomic E-state index is 5.58. The Morgan fingerprint density at radius 2 is 2.33 bits per heavy atom. The molecule has 0 unspecified atom stereocenters. The van der Waals surface area contributed by atoms with E-state index >= 15 is 0 Å². The highest BCUT2D eigenvalue weighted by atomic mass is 15.5. The standard InChI is InChI=1S/C6H13N3/c1-5(2)6-8-3-4-9(6)7/h5H,3-4,7H2,1-2H3. The van der Waals surface area contributed by atoms with E-state index in [0.29, 0.717) is 5.92 Å². The molecule has 1 heterocycles. The lowest BCUT2D eigenvalue weighted by atomic mass is 10.2. The molecule has 3 heteroatoms. The summed E-state index contributed by atoms with van der Waals surface area (Å²) in [6.45, 7) is 5.95. The van der Waals surface area contributed by atoms with Crippen LogP contribution in [0.4, 0.5) is 0 Å². The number of nitrogens with zero attached hydrogens (tertiary/aromatic N) is 2. The number of hydrazine groups is 1. The number of rotatable bonds is 1. The first-order chi connectivity index (χ1) is 4.22. The molecule has 0 fully saturated rings. The van der Waals surface area contributed by atoms with Crippen molar-refractivity contribution >= 4 is 5.84 Å². The van der Waals surface area contributed by atoms with Crippen LogP contribution in [-0.4, -0.2) is 23.9 Å². The monoisotopic (exact) mass is 127 g/mol. The SMILES string of the molecule is CC(C)C1=NCCN1N. The van der Waals surface area contributed by atoms with E-state index in [4.69, 9.17) is 5.84 Å². The summed E-state index contributed by atoms with van der Waals surface area (Å²) in [6.07, 6.45) is 0. The van der Waals surface area contributed by atoms with Gasteiger partial charge in [-0.2, -0.15) is 0 Å². The molecule has 0 radical (unpaired) electrons. The van der Waals surface area contributed by atoms with E-state index < -0.39 is 0 Å². The maximum Gasteiger partial charge on any atom is 0.116 e. The van der Waals surface area contributed by atoms with Crippen LogP contribution in [0.1, 0.15) is 13.8 Å². The summed E-state index contributed by atoms with van der Waals surface area (Å²) >= 11 is 0. The van der Waals surface area contributed by atoms with E-state index in [1.165, 1.54) is 0 Å². The first-order valence-corrected chi connectivity index (χ1v) is 3.28. The van der Waals surface area contributed by atoms with Gasteiger partial charge in [-0.15, -0.1) is 0 Å². The first-order valence-electron chi connectivity index (χ1n) is 3.28. The van der Waals surface area contributed by atoms with Crippen molar-refractivity contribution in [3.05, 3.63) is 0 Å². The number of hydrogen-bond donors (Lipinski definition) is 1. The molecule has 0 aromatic heterocycles. The van der Waals surface area contributed by atoms with Gasteiger partial charge in [-0.25, -0.2) is 5.84 Å². The minimum Gasteiger partial charge on any atom is -0.297 e. The highest BCUT2D eigenvalue weighted by Crippen LogP contribution is 2.04. The lowest BCUT2D eigenvalue weighted by Gasteiger charge is -2.15. The number of hydrogen-bond acceptors (Lipinski definition) is 3. The molecule has 1 aliphatic rings. The molecular formula is C6H13N3. The van der Waals surface area contributed by atoms with Crippen molar-refractivity contribution in [3.63, 3.8) is 0 Å². The molecule has 9 heavy (non-hydrogen) atoms. The quantitative estimate of drug-likeness (QED) is 0.512. The Morgan fingerprint density at radius 3 is 2.56 bits per heavy atom. The molecule has 0 atom stereocenters. The highest BCUT2D eigenvalue weighted by molar-refractivity contribution is 5.84. The lowest BCUT2D eigenvalue weighted by Crippen LogP contribution is -2.37. The lowest BCUT2D eigenvalue weighted by molar-refractivity contribution is 0.462. The molecule has 0 bridgehead atoms. The molecule has 0 saturated heterocycles. The van der Waals surface area contributed by atoms with Crippen molar-refractivity contribution in [2.24, 2.45) is 16.8 Å². The fraction of sp³-hybridized carbons (Fsp3) is 0.833. The van der Waals surface area contributed by atoms with Gasteiger partial charge in [0.05, 0.1) is 13.1 Å². The van der Waals surface area contributed by atoms with E-state index in [1.54, 1.807) is 5.01 Å². The van der Waals surface area contributed by atoms with Gasteiger partial charge >= 0.3 is 0 Å². The number of aliphatic imine (C=N–C) groups is 1. The van der Waals surface area contributed by atoms with Gasteiger partial charge in [0, 0.05) is 5.92 Å². The van der Waals surface area contributed by atoms with Gasteiger partial charge in [0.2, 0.25) is 0 Å². The zero-order chi connectivity index (χ0) is 6.85.